The van der Waals surface area contributed by atoms with Gasteiger partial charge in [0.15, 0.2) is 0 Å². The van der Waals surface area contributed by atoms with Gasteiger partial charge in [0, 0.05) is 85.6 Å². The van der Waals surface area contributed by atoms with Gasteiger partial charge in [-0.15, -0.1) is 23.5 Å². The van der Waals surface area contributed by atoms with E-state index >= 15 is 0 Å². The van der Waals surface area contributed by atoms with Crippen molar-refractivity contribution in [3.8, 4) is 16.9 Å². The third kappa shape index (κ3) is 6.23. The SMILES string of the molecule is COC(=O)c1c(C)c2c3c(Cl)ccc2n1CCCOc1cc(cc2ccccc12)SCc1cc(nn1C(C)C)CSCc1nn(C)c(C)c1-3. The minimum atomic E-state index is -0.374. The number of carbonyl (C=O) groups is 1. The smallest absolute Gasteiger partial charge is 0.354 e. The van der Waals surface area contributed by atoms with Crippen molar-refractivity contribution in [3.05, 3.63) is 93.7 Å². The number of benzene rings is 3. The minimum absolute atomic E-state index is 0.244. The van der Waals surface area contributed by atoms with E-state index in [1.165, 1.54) is 12.8 Å². The number of fused-ring (bicyclic) bond motifs is 8. The van der Waals surface area contributed by atoms with Crippen molar-refractivity contribution in [1.29, 1.82) is 0 Å². The number of hydrogen-bond acceptors (Lipinski definition) is 7. The van der Waals surface area contributed by atoms with Crippen molar-refractivity contribution in [2.24, 2.45) is 7.05 Å². The Kier molecular flexibility index (Phi) is 9.47. The molecule has 6 aromatic rings. The largest absolute Gasteiger partial charge is 0.493 e. The highest BCUT2D eigenvalue weighted by atomic mass is 35.5. The molecule has 0 N–H and O–H groups in total. The topological polar surface area (TPSA) is 76.1 Å². The maximum Gasteiger partial charge on any atom is 0.354 e. The zero-order valence-corrected chi connectivity index (χ0v) is 31.1. The molecule has 1 aliphatic heterocycles. The third-order valence-corrected chi connectivity index (χ3v) is 11.6. The Morgan fingerprint density at radius 1 is 1.02 bits per heavy atom. The van der Waals surface area contributed by atoms with E-state index in [0.29, 0.717) is 36.0 Å². The lowest BCUT2D eigenvalue weighted by Crippen LogP contribution is -2.13. The van der Waals surface area contributed by atoms with Crippen LogP contribution in [0.15, 0.2) is 59.5 Å². The molecule has 254 valence electrons. The van der Waals surface area contributed by atoms with Crippen molar-refractivity contribution in [1.82, 2.24) is 24.1 Å². The highest BCUT2D eigenvalue weighted by Gasteiger charge is 2.27. The number of thioether (sulfide) groups is 2. The number of esters is 1. The van der Waals surface area contributed by atoms with Crippen LogP contribution >= 0.6 is 35.1 Å². The van der Waals surface area contributed by atoms with Crippen LogP contribution in [0.2, 0.25) is 5.02 Å². The standard InChI is InChI=1S/C38H40ClN5O3S2/c1-22(2)44-27-17-26(40-44)19-48-21-31-35(24(4)42(5)41-31)36-30(39)12-13-32-34(36)23(3)37(38(45)46-6)43(32)14-9-15-47-33-18-28(49-20-27)16-25-10-7-8-11-29(25)33/h7-8,10-13,16-18,22H,9,14-15,19-21H2,1-6H3. The highest BCUT2D eigenvalue weighted by molar-refractivity contribution is 7.98. The molecular formula is C38H40ClN5O3S2. The number of nitrogens with zero attached hydrogens (tertiary/aromatic N) is 5. The van der Waals surface area contributed by atoms with Crippen LogP contribution in [-0.4, -0.2) is 43.8 Å². The molecule has 0 unspecified atom stereocenters. The molecule has 11 heteroatoms. The van der Waals surface area contributed by atoms with Gasteiger partial charge in [-0.3, -0.25) is 9.36 Å². The third-order valence-electron chi connectivity index (χ3n) is 9.27. The summed E-state index contributed by atoms with van der Waals surface area (Å²) in [5.74, 6) is 2.71. The second-order valence-electron chi connectivity index (χ2n) is 12.8. The molecule has 0 aliphatic carbocycles. The van der Waals surface area contributed by atoms with Gasteiger partial charge in [0.2, 0.25) is 0 Å². The second kappa shape index (κ2) is 13.8. The molecule has 3 aromatic carbocycles. The van der Waals surface area contributed by atoms with Crippen LogP contribution < -0.4 is 4.74 Å². The number of rotatable bonds is 2. The molecule has 0 saturated heterocycles. The summed E-state index contributed by atoms with van der Waals surface area (Å²) in [6, 6.07) is 19.2. The average Bonchev–Trinajstić information content (AvgIpc) is 3.72. The molecule has 0 spiro atoms. The molecule has 0 saturated carbocycles. The summed E-state index contributed by atoms with van der Waals surface area (Å²) in [4.78, 5) is 14.5. The zero-order chi connectivity index (χ0) is 34.4. The van der Waals surface area contributed by atoms with Gasteiger partial charge in [-0.05, 0) is 75.4 Å². The Morgan fingerprint density at radius 3 is 2.63 bits per heavy atom. The molecule has 4 heterocycles. The minimum Gasteiger partial charge on any atom is -0.493 e. The van der Waals surface area contributed by atoms with E-state index in [-0.39, 0.29) is 12.0 Å². The normalized spacial score (nSPS) is 14.2. The summed E-state index contributed by atoms with van der Waals surface area (Å²) in [5, 5.41) is 13.8. The second-order valence-corrected chi connectivity index (χ2v) is 15.2. The monoisotopic (exact) mass is 713 g/mol. The van der Waals surface area contributed by atoms with Gasteiger partial charge in [0.05, 0.1) is 25.1 Å². The summed E-state index contributed by atoms with van der Waals surface area (Å²) < 4.78 is 18.0. The summed E-state index contributed by atoms with van der Waals surface area (Å²) >= 11 is 10.7. The predicted molar refractivity (Wildman–Crippen MR) is 201 cm³/mol. The van der Waals surface area contributed by atoms with Crippen molar-refractivity contribution < 1.29 is 14.3 Å². The van der Waals surface area contributed by atoms with Crippen LogP contribution in [0.3, 0.4) is 0 Å². The quantitative estimate of drug-likeness (QED) is 0.166. The summed E-state index contributed by atoms with van der Waals surface area (Å²) in [6.07, 6.45) is 0.682. The molecule has 0 radical (unpaired) electrons. The molecule has 0 atom stereocenters. The van der Waals surface area contributed by atoms with Crippen molar-refractivity contribution >= 4 is 62.8 Å². The van der Waals surface area contributed by atoms with Gasteiger partial charge in [-0.1, -0.05) is 35.9 Å². The number of ether oxygens (including phenoxy) is 2. The van der Waals surface area contributed by atoms with E-state index in [0.717, 1.165) is 77.6 Å². The lowest BCUT2D eigenvalue weighted by molar-refractivity contribution is 0.0587. The first-order valence-electron chi connectivity index (χ1n) is 16.5. The number of halogens is 1. The summed E-state index contributed by atoms with van der Waals surface area (Å²) in [6.45, 7) is 9.46. The Labute approximate surface area is 300 Å². The van der Waals surface area contributed by atoms with E-state index < -0.39 is 0 Å². The molecule has 7 rings (SSSR count). The maximum atomic E-state index is 13.4. The highest BCUT2D eigenvalue weighted by Crippen LogP contribution is 2.43. The summed E-state index contributed by atoms with van der Waals surface area (Å²) in [7, 11) is 3.40. The molecule has 8 nitrogen and oxygen atoms in total. The van der Waals surface area contributed by atoms with Gasteiger partial charge in [-0.25, -0.2) is 4.79 Å². The predicted octanol–water partition coefficient (Wildman–Crippen LogP) is 9.54. The van der Waals surface area contributed by atoms with Crippen LogP contribution in [0.4, 0.5) is 0 Å². The van der Waals surface area contributed by atoms with E-state index in [1.54, 1.807) is 23.5 Å². The summed E-state index contributed by atoms with van der Waals surface area (Å²) in [5.41, 5.74) is 8.42. The molecule has 8 bridgehead atoms. The van der Waals surface area contributed by atoms with Gasteiger partial charge < -0.3 is 14.0 Å². The van der Waals surface area contributed by atoms with Crippen molar-refractivity contribution in [2.45, 2.75) is 68.9 Å². The van der Waals surface area contributed by atoms with Gasteiger partial charge >= 0.3 is 5.97 Å². The van der Waals surface area contributed by atoms with E-state index in [1.807, 2.05) is 36.9 Å². The Balaban J connectivity index is 1.37. The van der Waals surface area contributed by atoms with Gasteiger partial charge in [-0.2, -0.15) is 10.2 Å². The van der Waals surface area contributed by atoms with Crippen molar-refractivity contribution in [3.63, 3.8) is 0 Å². The van der Waals surface area contributed by atoms with Crippen LogP contribution in [0.1, 0.15) is 65.1 Å². The Bertz CT molecular complexity index is 2220. The number of methoxy groups -OCH3 is 1. The fourth-order valence-corrected chi connectivity index (χ4v) is 8.96. The number of aryl methyl sites for hydroxylation is 3. The van der Waals surface area contributed by atoms with Gasteiger partial charge in [0.1, 0.15) is 11.4 Å². The van der Waals surface area contributed by atoms with Crippen LogP contribution in [0.25, 0.3) is 32.8 Å². The zero-order valence-electron chi connectivity index (χ0n) is 28.7. The number of aromatic nitrogens is 5. The Morgan fingerprint density at radius 2 is 1.84 bits per heavy atom. The first kappa shape index (κ1) is 33.6. The van der Waals surface area contributed by atoms with Crippen LogP contribution in [-0.2, 0) is 35.6 Å². The fraction of sp³-hybridized carbons (Fsp3) is 0.342. The van der Waals surface area contributed by atoms with E-state index in [4.69, 9.17) is 31.3 Å². The fourth-order valence-electron chi connectivity index (χ4n) is 6.93. The first-order chi connectivity index (χ1) is 23.7. The number of hydrogen-bond donors (Lipinski definition) is 0. The number of carbonyl (C=O) groups excluding carboxylic acids is 1. The molecule has 49 heavy (non-hydrogen) atoms. The first-order valence-corrected chi connectivity index (χ1v) is 19.0. The van der Waals surface area contributed by atoms with Gasteiger partial charge in [0.25, 0.3) is 0 Å². The lowest BCUT2D eigenvalue weighted by Gasteiger charge is -2.15. The maximum absolute atomic E-state index is 13.4. The van der Waals surface area contributed by atoms with E-state index in [9.17, 15) is 4.79 Å². The molecule has 0 amide bonds. The van der Waals surface area contributed by atoms with E-state index in [2.05, 4.69) is 66.4 Å². The molecular weight excluding hydrogens is 674 g/mol. The van der Waals surface area contributed by atoms with Crippen LogP contribution in [0.5, 0.6) is 5.75 Å². The Hall–Kier alpha value is -3.86. The van der Waals surface area contributed by atoms with Crippen LogP contribution in [0, 0.1) is 13.8 Å². The lowest BCUT2D eigenvalue weighted by atomic mass is 9.97. The average molecular weight is 714 g/mol. The molecule has 3 aromatic heterocycles. The molecule has 0 fully saturated rings. The molecule has 1 aliphatic rings. The van der Waals surface area contributed by atoms with Crippen molar-refractivity contribution in [2.75, 3.05) is 13.7 Å².